The number of likely N-dealkylation sites (tertiary alicyclic amines) is 1. The molecule has 1 spiro atoms. The molecule has 1 aliphatic carbocycles. The van der Waals surface area contributed by atoms with E-state index >= 15 is 0 Å². The second-order valence-electron chi connectivity index (χ2n) is 5.85. The molecule has 3 heteroatoms. The van der Waals surface area contributed by atoms with Gasteiger partial charge in [0.15, 0.2) is 6.29 Å². The van der Waals surface area contributed by atoms with Crippen LogP contribution in [0.5, 0.6) is 0 Å². The number of rotatable bonds is 6. The molecule has 0 aromatic carbocycles. The van der Waals surface area contributed by atoms with Crippen LogP contribution in [-0.2, 0) is 9.47 Å². The van der Waals surface area contributed by atoms with Crippen LogP contribution in [-0.4, -0.2) is 44.0 Å². The summed E-state index contributed by atoms with van der Waals surface area (Å²) in [5.74, 6) is 0. The molecule has 1 saturated carbocycles. The van der Waals surface area contributed by atoms with Crippen LogP contribution in [0.1, 0.15) is 52.4 Å². The summed E-state index contributed by atoms with van der Waals surface area (Å²) >= 11 is 0. The molecule has 1 saturated heterocycles. The lowest BCUT2D eigenvalue weighted by atomic mass is 9.77. The van der Waals surface area contributed by atoms with Gasteiger partial charge >= 0.3 is 0 Å². The second kappa shape index (κ2) is 6.88. The Kier molecular flexibility index (Phi) is 5.46. The van der Waals surface area contributed by atoms with E-state index in [9.17, 15) is 0 Å². The fourth-order valence-electron chi connectivity index (χ4n) is 3.57. The Morgan fingerprint density at radius 2 is 1.50 bits per heavy atom. The highest BCUT2D eigenvalue weighted by Gasteiger charge is 2.37. The molecule has 0 amide bonds. The van der Waals surface area contributed by atoms with Crippen LogP contribution in [0.15, 0.2) is 0 Å². The van der Waals surface area contributed by atoms with Crippen LogP contribution in [0.4, 0.5) is 0 Å². The van der Waals surface area contributed by atoms with Crippen LogP contribution in [0.2, 0.25) is 0 Å². The number of nitrogens with zero attached hydrogens (tertiary/aromatic N) is 1. The van der Waals surface area contributed by atoms with Gasteiger partial charge in [0.25, 0.3) is 0 Å². The SMILES string of the molecule is CCOC(CN1CCC2(CCCC2)CC1)OCC. The smallest absolute Gasteiger partial charge is 0.170 e. The van der Waals surface area contributed by atoms with Crippen molar-refractivity contribution in [2.24, 2.45) is 5.41 Å². The maximum atomic E-state index is 5.64. The fraction of sp³-hybridized carbons (Fsp3) is 1.00. The zero-order chi connectivity index (χ0) is 12.8. The van der Waals surface area contributed by atoms with Gasteiger partial charge in [-0.25, -0.2) is 0 Å². The maximum absolute atomic E-state index is 5.64. The summed E-state index contributed by atoms with van der Waals surface area (Å²) in [4.78, 5) is 2.53. The van der Waals surface area contributed by atoms with Gasteiger partial charge in [0.1, 0.15) is 0 Å². The summed E-state index contributed by atoms with van der Waals surface area (Å²) in [6.45, 7) is 8.96. The van der Waals surface area contributed by atoms with Gasteiger partial charge in [0.05, 0.1) is 0 Å². The molecule has 2 aliphatic rings. The minimum Gasteiger partial charge on any atom is -0.352 e. The van der Waals surface area contributed by atoms with Crippen molar-refractivity contribution in [2.45, 2.75) is 58.7 Å². The summed E-state index contributed by atoms with van der Waals surface area (Å²) in [7, 11) is 0. The highest BCUT2D eigenvalue weighted by Crippen LogP contribution is 2.46. The molecule has 0 aromatic rings. The third-order valence-electron chi connectivity index (χ3n) is 4.69. The molecule has 1 heterocycles. The number of piperidine rings is 1. The zero-order valence-electron chi connectivity index (χ0n) is 12.1. The molecule has 0 N–H and O–H groups in total. The zero-order valence-corrected chi connectivity index (χ0v) is 12.1. The molecule has 0 atom stereocenters. The quantitative estimate of drug-likeness (QED) is 0.681. The van der Waals surface area contributed by atoms with Crippen LogP contribution in [0, 0.1) is 5.41 Å². The Morgan fingerprint density at radius 3 is 2.00 bits per heavy atom. The molecule has 0 unspecified atom stereocenters. The summed E-state index contributed by atoms with van der Waals surface area (Å²) in [5.41, 5.74) is 0.712. The second-order valence-corrected chi connectivity index (χ2v) is 5.85. The van der Waals surface area contributed by atoms with Gasteiger partial charge in [-0.3, -0.25) is 4.90 Å². The molecule has 0 radical (unpaired) electrons. The van der Waals surface area contributed by atoms with Crippen molar-refractivity contribution in [3.05, 3.63) is 0 Å². The normalized spacial score (nSPS) is 24.2. The van der Waals surface area contributed by atoms with E-state index in [-0.39, 0.29) is 6.29 Å². The monoisotopic (exact) mass is 255 g/mol. The number of hydrogen-bond acceptors (Lipinski definition) is 3. The standard InChI is InChI=1S/C15H29NO2/c1-3-17-14(18-4-2)13-16-11-9-15(10-12-16)7-5-6-8-15/h14H,3-13H2,1-2H3. The van der Waals surface area contributed by atoms with Crippen LogP contribution in [0.25, 0.3) is 0 Å². The van der Waals surface area contributed by atoms with Crippen molar-refractivity contribution in [1.82, 2.24) is 4.90 Å². The summed E-state index contributed by atoms with van der Waals surface area (Å²) < 4.78 is 11.3. The van der Waals surface area contributed by atoms with E-state index in [0.29, 0.717) is 5.41 Å². The minimum absolute atomic E-state index is 0.0300. The molecule has 0 aromatic heterocycles. The molecule has 2 rings (SSSR count). The van der Waals surface area contributed by atoms with Gasteiger partial charge in [0.2, 0.25) is 0 Å². The third-order valence-corrected chi connectivity index (χ3v) is 4.69. The minimum atomic E-state index is -0.0300. The van der Waals surface area contributed by atoms with E-state index in [1.165, 1.54) is 51.6 Å². The van der Waals surface area contributed by atoms with Gasteiger partial charge in [-0.2, -0.15) is 0 Å². The van der Waals surface area contributed by atoms with Crippen molar-refractivity contribution >= 4 is 0 Å². The van der Waals surface area contributed by atoms with E-state index in [0.717, 1.165) is 19.8 Å². The van der Waals surface area contributed by atoms with Gasteiger partial charge in [-0.1, -0.05) is 12.8 Å². The van der Waals surface area contributed by atoms with Crippen LogP contribution in [0.3, 0.4) is 0 Å². The maximum Gasteiger partial charge on any atom is 0.170 e. The highest BCUT2D eigenvalue weighted by molar-refractivity contribution is 4.89. The third kappa shape index (κ3) is 3.69. The van der Waals surface area contributed by atoms with E-state index in [4.69, 9.17) is 9.47 Å². The molecule has 106 valence electrons. The lowest BCUT2D eigenvalue weighted by Crippen LogP contribution is -2.43. The van der Waals surface area contributed by atoms with Crippen molar-refractivity contribution in [3.63, 3.8) is 0 Å². The lowest BCUT2D eigenvalue weighted by Gasteiger charge is -2.40. The van der Waals surface area contributed by atoms with Crippen molar-refractivity contribution in [1.29, 1.82) is 0 Å². The average molecular weight is 255 g/mol. The molecule has 1 aliphatic heterocycles. The van der Waals surface area contributed by atoms with Gasteiger partial charge in [0, 0.05) is 19.8 Å². The first-order chi connectivity index (χ1) is 8.78. The predicted molar refractivity (Wildman–Crippen MR) is 73.6 cm³/mol. The Morgan fingerprint density at radius 1 is 0.944 bits per heavy atom. The largest absolute Gasteiger partial charge is 0.352 e. The summed E-state index contributed by atoms with van der Waals surface area (Å²) in [5, 5.41) is 0. The molecule has 2 fully saturated rings. The summed E-state index contributed by atoms with van der Waals surface area (Å²) in [6, 6.07) is 0. The fourth-order valence-corrected chi connectivity index (χ4v) is 3.57. The molecular weight excluding hydrogens is 226 g/mol. The van der Waals surface area contributed by atoms with Crippen LogP contribution >= 0.6 is 0 Å². The molecule has 0 bridgehead atoms. The topological polar surface area (TPSA) is 21.7 Å². The lowest BCUT2D eigenvalue weighted by molar-refractivity contribution is -0.150. The molecule has 18 heavy (non-hydrogen) atoms. The first-order valence-electron chi connectivity index (χ1n) is 7.73. The van der Waals surface area contributed by atoms with Crippen molar-refractivity contribution in [3.8, 4) is 0 Å². The van der Waals surface area contributed by atoms with E-state index in [1.54, 1.807) is 0 Å². The molecule has 3 nitrogen and oxygen atoms in total. The Bertz CT molecular complexity index is 223. The van der Waals surface area contributed by atoms with E-state index < -0.39 is 0 Å². The number of ether oxygens (including phenoxy) is 2. The average Bonchev–Trinajstić information content (AvgIpc) is 2.82. The first-order valence-corrected chi connectivity index (χ1v) is 7.73. The highest BCUT2D eigenvalue weighted by atomic mass is 16.7. The Balaban J connectivity index is 1.74. The van der Waals surface area contributed by atoms with Crippen molar-refractivity contribution in [2.75, 3.05) is 32.8 Å². The molecular formula is C15H29NO2. The van der Waals surface area contributed by atoms with Gasteiger partial charge < -0.3 is 9.47 Å². The van der Waals surface area contributed by atoms with Crippen LogP contribution < -0.4 is 0 Å². The number of hydrogen-bond donors (Lipinski definition) is 0. The first kappa shape index (κ1) is 14.3. The van der Waals surface area contributed by atoms with Gasteiger partial charge in [-0.05, 0) is 58.0 Å². The van der Waals surface area contributed by atoms with E-state index in [1.807, 2.05) is 13.8 Å². The Labute approximate surface area is 112 Å². The summed E-state index contributed by atoms with van der Waals surface area (Å²) in [6.07, 6.45) is 8.61. The van der Waals surface area contributed by atoms with Crippen molar-refractivity contribution < 1.29 is 9.47 Å². The Hall–Kier alpha value is -0.120. The predicted octanol–water partition coefficient (Wildman–Crippen LogP) is 3.04. The van der Waals surface area contributed by atoms with Gasteiger partial charge in [-0.15, -0.1) is 0 Å². The van der Waals surface area contributed by atoms with E-state index in [2.05, 4.69) is 4.90 Å².